The molecule has 214 valence electrons. The SMILES string of the molecule is CCCCNC(=O)[C@@H](C)N(Cc1cccc(Cl)c1)C(=O)CN(c1cc(Cl)ccc1C)S(=O)(=O)c1ccc(C)cc1. The average Bonchev–Trinajstić information content (AvgIpc) is 2.91. The van der Waals surface area contributed by atoms with Gasteiger partial charge < -0.3 is 10.2 Å². The molecule has 3 rings (SSSR count). The molecule has 0 unspecified atom stereocenters. The van der Waals surface area contributed by atoms with Crippen LogP contribution in [-0.2, 0) is 26.2 Å². The lowest BCUT2D eigenvalue weighted by Crippen LogP contribution is -2.51. The number of nitrogens with zero attached hydrogens (tertiary/aromatic N) is 2. The molecule has 0 aromatic heterocycles. The molecule has 7 nitrogen and oxygen atoms in total. The maximum absolute atomic E-state index is 14.0. The predicted molar refractivity (Wildman–Crippen MR) is 161 cm³/mol. The van der Waals surface area contributed by atoms with Crippen LogP contribution in [0.15, 0.2) is 71.6 Å². The quantitative estimate of drug-likeness (QED) is 0.252. The molecule has 0 radical (unpaired) electrons. The summed E-state index contributed by atoms with van der Waals surface area (Å²) in [5.74, 6) is -0.871. The van der Waals surface area contributed by atoms with Crippen LogP contribution >= 0.6 is 23.2 Å². The van der Waals surface area contributed by atoms with Crippen LogP contribution in [-0.4, -0.2) is 44.3 Å². The minimum atomic E-state index is -4.18. The monoisotopic (exact) mass is 603 g/mol. The topological polar surface area (TPSA) is 86.8 Å². The highest BCUT2D eigenvalue weighted by molar-refractivity contribution is 7.92. The van der Waals surface area contributed by atoms with Crippen molar-refractivity contribution in [1.82, 2.24) is 10.2 Å². The largest absolute Gasteiger partial charge is 0.354 e. The zero-order chi connectivity index (χ0) is 29.4. The van der Waals surface area contributed by atoms with Crippen molar-refractivity contribution in [3.63, 3.8) is 0 Å². The van der Waals surface area contributed by atoms with Crippen LogP contribution in [0.1, 0.15) is 43.4 Å². The number of sulfonamides is 1. The fraction of sp³-hybridized carbons (Fsp3) is 0.333. The summed E-state index contributed by atoms with van der Waals surface area (Å²) in [6.07, 6.45) is 1.71. The lowest BCUT2D eigenvalue weighted by atomic mass is 10.1. The molecule has 3 aromatic carbocycles. The van der Waals surface area contributed by atoms with E-state index >= 15 is 0 Å². The van der Waals surface area contributed by atoms with Crippen molar-refractivity contribution in [2.45, 2.75) is 58.0 Å². The summed E-state index contributed by atoms with van der Waals surface area (Å²) in [4.78, 5) is 28.5. The third-order valence-corrected chi connectivity index (χ3v) is 8.81. The Balaban J connectivity index is 2.04. The molecular formula is C30H35Cl2N3O4S. The molecule has 3 aromatic rings. The third-order valence-electron chi connectivity index (χ3n) is 6.57. The summed E-state index contributed by atoms with van der Waals surface area (Å²) in [6.45, 7) is 7.27. The van der Waals surface area contributed by atoms with Gasteiger partial charge in [0.2, 0.25) is 11.8 Å². The summed E-state index contributed by atoms with van der Waals surface area (Å²) >= 11 is 12.5. The standard InChI is InChI=1S/C30H35Cl2N3O4S/c1-5-6-16-33-30(37)23(4)34(19-24-8-7-9-25(31)17-24)29(36)20-35(28-18-26(32)13-12-22(28)3)40(38,39)27-14-10-21(2)11-15-27/h7-15,17-18,23H,5-6,16,19-20H2,1-4H3,(H,33,37)/t23-/m1/s1. The molecule has 0 fully saturated rings. The van der Waals surface area contributed by atoms with Crippen LogP contribution in [0.3, 0.4) is 0 Å². The van der Waals surface area contributed by atoms with Gasteiger partial charge in [-0.25, -0.2) is 8.42 Å². The van der Waals surface area contributed by atoms with Crippen LogP contribution in [0.4, 0.5) is 5.69 Å². The van der Waals surface area contributed by atoms with Gasteiger partial charge in [0, 0.05) is 23.1 Å². The Morgan fingerprint density at radius 3 is 2.27 bits per heavy atom. The summed E-state index contributed by atoms with van der Waals surface area (Å²) in [6, 6.07) is 17.4. The molecule has 0 heterocycles. The van der Waals surface area contributed by atoms with E-state index in [1.54, 1.807) is 62.4 Å². The number of anilines is 1. The van der Waals surface area contributed by atoms with Crippen molar-refractivity contribution in [2.24, 2.45) is 0 Å². The number of rotatable bonds is 12. The number of benzene rings is 3. The van der Waals surface area contributed by atoms with Gasteiger partial charge in [-0.2, -0.15) is 0 Å². The first-order valence-corrected chi connectivity index (χ1v) is 15.3. The molecule has 40 heavy (non-hydrogen) atoms. The zero-order valence-electron chi connectivity index (χ0n) is 23.2. The number of halogens is 2. The second-order valence-corrected chi connectivity index (χ2v) is 12.5. The van der Waals surface area contributed by atoms with Crippen LogP contribution in [0.2, 0.25) is 10.0 Å². The van der Waals surface area contributed by atoms with Gasteiger partial charge in [-0.15, -0.1) is 0 Å². The molecule has 0 aliphatic rings. The second kappa shape index (κ2) is 14.0. The average molecular weight is 605 g/mol. The van der Waals surface area contributed by atoms with E-state index in [0.717, 1.165) is 22.7 Å². The Hall–Kier alpha value is -3.07. The van der Waals surface area contributed by atoms with E-state index in [2.05, 4.69) is 5.32 Å². The number of aryl methyl sites for hydroxylation is 2. The van der Waals surface area contributed by atoms with E-state index < -0.39 is 28.5 Å². The second-order valence-electron chi connectivity index (χ2n) is 9.73. The normalized spacial score (nSPS) is 12.1. The highest BCUT2D eigenvalue weighted by Crippen LogP contribution is 2.30. The van der Waals surface area contributed by atoms with Gasteiger partial charge in [0.05, 0.1) is 10.6 Å². The number of hydrogen-bond donors (Lipinski definition) is 1. The third kappa shape index (κ3) is 7.99. The Morgan fingerprint density at radius 1 is 0.950 bits per heavy atom. The van der Waals surface area contributed by atoms with Crippen molar-refractivity contribution in [2.75, 3.05) is 17.4 Å². The van der Waals surface area contributed by atoms with Crippen LogP contribution in [0.25, 0.3) is 0 Å². The van der Waals surface area contributed by atoms with E-state index in [1.807, 2.05) is 13.8 Å². The lowest BCUT2D eigenvalue weighted by Gasteiger charge is -2.32. The van der Waals surface area contributed by atoms with E-state index in [1.165, 1.54) is 23.1 Å². The number of hydrogen-bond acceptors (Lipinski definition) is 4. The van der Waals surface area contributed by atoms with E-state index in [4.69, 9.17) is 23.2 Å². The number of carbonyl (C=O) groups excluding carboxylic acids is 2. The maximum atomic E-state index is 14.0. The molecule has 0 aliphatic carbocycles. The first kappa shape index (κ1) is 31.5. The van der Waals surface area contributed by atoms with Gasteiger partial charge in [-0.3, -0.25) is 13.9 Å². The summed E-state index contributed by atoms with van der Waals surface area (Å²) < 4.78 is 29.0. The Kier molecular flexibility index (Phi) is 11.0. The predicted octanol–water partition coefficient (Wildman–Crippen LogP) is 6.14. The first-order chi connectivity index (χ1) is 18.9. The van der Waals surface area contributed by atoms with E-state index in [-0.39, 0.29) is 23.0 Å². The molecule has 0 saturated heterocycles. The summed E-state index contributed by atoms with van der Waals surface area (Å²) in [5.41, 5.74) is 2.51. The molecule has 0 bridgehead atoms. The van der Waals surface area contributed by atoms with Crippen LogP contribution in [0.5, 0.6) is 0 Å². The van der Waals surface area contributed by atoms with Crippen molar-refractivity contribution in [3.05, 3.63) is 93.5 Å². The number of carbonyl (C=O) groups is 2. The van der Waals surface area contributed by atoms with Crippen molar-refractivity contribution < 1.29 is 18.0 Å². The van der Waals surface area contributed by atoms with Gasteiger partial charge in [-0.05, 0) is 74.7 Å². The van der Waals surface area contributed by atoms with Gasteiger partial charge in [0.15, 0.2) is 0 Å². The molecule has 10 heteroatoms. The molecule has 1 N–H and O–H groups in total. The molecular weight excluding hydrogens is 569 g/mol. The van der Waals surface area contributed by atoms with Crippen LogP contribution in [0, 0.1) is 13.8 Å². The molecule has 1 atom stereocenters. The Morgan fingerprint density at radius 2 is 1.62 bits per heavy atom. The highest BCUT2D eigenvalue weighted by atomic mass is 35.5. The smallest absolute Gasteiger partial charge is 0.264 e. The number of amides is 2. The summed E-state index contributed by atoms with van der Waals surface area (Å²) in [7, 11) is -4.18. The Labute approximate surface area is 247 Å². The fourth-order valence-electron chi connectivity index (χ4n) is 4.15. The number of nitrogens with one attached hydrogen (secondary N) is 1. The molecule has 0 saturated carbocycles. The first-order valence-electron chi connectivity index (χ1n) is 13.1. The Bertz CT molecular complexity index is 1450. The van der Waals surface area contributed by atoms with Gasteiger partial charge in [0.1, 0.15) is 12.6 Å². The minimum Gasteiger partial charge on any atom is -0.354 e. The van der Waals surface area contributed by atoms with E-state index in [9.17, 15) is 18.0 Å². The van der Waals surface area contributed by atoms with Crippen molar-refractivity contribution in [1.29, 1.82) is 0 Å². The van der Waals surface area contributed by atoms with Gasteiger partial charge in [-0.1, -0.05) is 72.4 Å². The summed E-state index contributed by atoms with van der Waals surface area (Å²) in [5, 5.41) is 3.69. The maximum Gasteiger partial charge on any atom is 0.264 e. The van der Waals surface area contributed by atoms with Crippen LogP contribution < -0.4 is 9.62 Å². The van der Waals surface area contributed by atoms with Gasteiger partial charge in [0.25, 0.3) is 10.0 Å². The minimum absolute atomic E-state index is 0.0389. The van der Waals surface area contributed by atoms with E-state index in [0.29, 0.717) is 27.7 Å². The lowest BCUT2D eigenvalue weighted by molar-refractivity contribution is -0.139. The number of unbranched alkanes of at least 4 members (excludes halogenated alkanes) is 1. The molecule has 0 spiro atoms. The molecule has 0 aliphatic heterocycles. The van der Waals surface area contributed by atoms with Crippen molar-refractivity contribution >= 4 is 50.7 Å². The molecule has 2 amide bonds. The van der Waals surface area contributed by atoms with Gasteiger partial charge >= 0.3 is 0 Å². The van der Waals surface area contributed by atoms with Crippen molar-refractivity contribution in [3.8, 4) is 0 Å². The fourth-order valence-corrected chi connectivity index (χ4v) is 6.00. The highest BCUT2D eigenvalue weighted by Gasteiger charge is 2.33. The zero-order valence-corrected chi connectivity index (χ0v) is 25.5.